The summed E-state index contributed by atoms with van der Waals surface area (Å²) in [6.07, 6.45) is 0. The maximum Gasteiger partial charge on any atom is 0.319 e. The minimum Gasteiger partial charge on any atom is -0.482 e. The zero-order chi connectivity index (χ0) is 16.7. The van der Waals surface area contributed by atoms with Gasteiger partial charge in [-0.1, -0.05) is 23.8 Å². The topological polar surface area (TPSA) is 70.7 Å². The Balaban J connectivity index is 2.59. The van der Waals surface area contributed by atoms with E-state index in [4.69, 9.17) is 16.3 Å². The van der Waals surface area contributed by atoms with Gasteiger partial charge in [0.15, 0.2) is 6.61 Å². The number of carbonyl (C=O) groups excluding carboxylic acids is 2. The van der Waals surface area contributed by atoms with E-state index in [1.807, 2.05) is 6.92 Å². The number of benzene rings is 1. The molecule has 7 heteroatoms. The van der Waals surface area contributed by atoms with E-state index < -0.39 is 0 Å². The van der Waals surface area contributed by atoms with Gasteiger partial charge in [0, 0.05) is 26.3 Å². The first kappa shape index (κ1) is 17.8. The molecule has 0 unspecified atom stereocenters. The molecule has 0 aliphatic carbocycles. The summed E-state index contributed by atoms with van der Waals surface area (Å²) in [5.41, 5.74) is 1.37. The molecule has 0 heterocycles. The van der Waals surface area contributed by atoms with Crippen molar-refractivity contribution in [3.8, 4) is 5.75 Å². The molecule has 1 rings (SSSR count). The van der Waals surface area contributed by atoms with Gasteiger partial charge in [-0.05, 0) is 25.1 Å². The quantitative estimate of drug-likeness (QED) is 0.789. The highest BCUT2D eigenvalue weighted by atomic mass is 35.5. The van der Waals surface area contributed by atoms with Crippen LogP contribution in [0.15, 0.2) is 30.4 Å². The van der Waals surface area contributed by atoms with Crippen molar-refractivity contribution in [2.45, 2.75) is 6.92 Å². The summed E-state index contributed by atoms with van der Waals surface area (Å²) >= 11 is 6.07. The van der Waals surface area contributed by atoms with Crippen LogP contribution in [0.5, 0.6) is 5.75 Å². The lowest BCUT2D eigenvalue weighted by molar-refractivity contribution is -0.130. The monoisotopic (exact) mass is 325 g/mol. The van der Waals surface area contributed by atoms with Gasteiger partial charge >= 0.3 is 6.03 Å². The van der Waals surface area contributed by atoms with Crippen molar-refractivity contribution in [2.75, 3.05) is 32.6 Å². The van der Waals surface area contributed by atoms with E-state index >= 15 is 0 Å². The van der Waals surface area contributed by atoms with Crippen LogP contribution in [0.1, 0.15) is 6.92 Å². The zero-order valence-electron chi connectivity index (χ0n) is 12.9. The number of likely N-dealkylation sites (N-methyl/N-ethyl adjacent to an activating group) is 1. The molecule has 0 aliphatic rings. The molecule has 0 fully saturated rings. The molecule has 0 radical (unpaired) electrons. The molecule has 0 aromatic heterocycles. The third-order valence-electron chi connectivity index (χ3n) is 2.59. The van der Waals surface area contributed by atoms with Crippen molar-refractivity contribution in [3.05, 3.63) is 35.4 Å². The van der Waals surface area contributed by atoms with Crippen molar-refractivity contribution in [3.63, 3.8) is 0 Å². The van der Waals surface area contributed by atoms with Gasteiger partial charge in [0.2, 0.25) is 0 Å². The number of anilines is 1. The van der Waals surface area contributed by atoms with Gasteiger partial charge in [0.25, 0.3) is 5.91 Å². The molecule has 22 heavy (non-hydrogen) atoms. The van der Waals surface area contributed by atoms with Crippen molar-refractivity contribution < 1.29 is 14.3 Å². The lowest BCUT2D eigenvalue weighted by Crippen LogP contribution is -2.29. The molecular formula is C15H20ClN3O3. The second kappa shape index (κ2) is 8.29. The first-order valence-corrected chi connectivity index (χ1v) is 6.99. The number of hydrogen-bond donors (Lipinski definition) is 2. The van der Waals surface area contributed by atoms with Crippen LogP contribution in [0.2, 0.25) is 5.02 Å². The summed E-state index contributed by atoms with van der Waals surface area (Å²) in [6.45, 7) is 5.81. The van der Waals surface area contributed by atoms with Crippen LogP contribution in [0.3, 0.4) is 0 Å². The Bertz CT molecular complexity index is 573. The molecule has 0 spiro atoms. The number of urea groups is 1. The van der Waals surface area contributed by atoms with Crippen LogP contribution >= 0.6 is 11.6 Å². The van der Waals surface area contributed by atoms with Crippen LogP contribution in [-0.2, 0) is 4.79 Å². The first-order chi connectivity index (χ1) is 10.3. The fourth-order valence-electron chi connectivity index (χ4n) is 1.37. The molecule has 0 atom stereocenters. The second-order valence-electron chi connectivity index (χ2n) is 4.99. The maximum absolute atomic E-state index is 11.6. The summed E-state index contributed by atoms with van der Waals surface area (Å²) < 4.78 is 5.34. The van der Waals surface area contributed by atoms with E-state index in [2.05, 4.69) is 17.2 Å². The average Bonchev–Trinajstić information content (AvgIpc) is 2.43. The smallest absolute Gasteiger partial charge is 0.319 e. The number of halogens is 1. The van der Waals surface area contributed by atoms with Crippen LogP contribution in [0.4, 0.5) is 10.5 Å². The molecule has 0 saturated carbocycles. The molecular weight excluding hydrogens is 306 g/mol. The Labute approximate surface area is 135 Å². The SMILES string of the molecule is C=C(C)CNC(=O)Nc1ccc(OCC(=O)N(C)C)c(Cl)c1. The molecule has 3 amide bonds. The summed E-state index contributed by atoms with van der Waals surface area (Å²) in [7, 11) is 3.29. The van der Waals surface area contributed by atoms with Crippen LogP contribution in [0, 0.1) is 0 Å². The standard InChI is InChI=1S/C15H20ClN3O3/c1-10(2)8-17-15(21)18-11-5-6-13(12(16)7-11)22-9-14(20)19(3)4/h5-7H,1,8-9H2,2-4H3,(H2,17,18,21). The molecule has 2 N–H and O–H groups in total. The van der Waals surface area contributed by atoms with E-state index in [9.17, 15) is 9.59 Å². The largest absolute Gasteiger partial charge is 0.482 e. The molecule has 0 saturated heterocycles. The maximum atomic E-state index is 11.6. The predicted molar refractivity (Wildman–Crippen MR) is 87.5 cm³/mol. The number of ether oxygens (including phenoxy) is 1. The predicted octanol–water partition coefficient (Wildman–Crippen LogP) is 2.50. The van der Waals surface area contributed by atoms with Gasteiger partial charge < -0.3 is 20.3 Å². The normalized spacial score (nSPS) is 9.82. The van der Waals surface area contributed by atoms with E-state index in [1.165, 1.54) is 4.90 Å². The van der Waals surface area contributed by atoms with Gasteiger partial charge in [-0.2, -0.15) is 0 Å². The lowest BCUT2D eigenvalue weighted by atomic mass is 10.3. The van der Waals surface area contributed by atoms with Gasteiger partial charge in [-0.3, -0.25) is 4.79 Å². The van der Waals surface area contributed by atoms with Crippen molar-refractivity contribution in [2.24, 2.45) is 0 Å². The Morgan fingerprint density at radius 3 is 2.59 bits per heavy atom. The van der Waals surface area contributed by atoms with Gasteiger partial charge in [-0.25, -0.2) is 4.79 Å². The molecule has 6 nitrogen and oxygen atoms in total. The van der Waals surface area contributed by atoms with Crippen molar-refractivity contribution in [1.82, 2.24) is 10.2 Å². The molecule has 0 aliphatic heterocycles. The summed E-state index contributed by atoms with van der Waals surface area (Å²) in [5, 5.41) is 5.59. The number of nitrogens with zero attached hydrogens (tertiary/aromatic N) is 1. The third-order valence-corrected chi connectivity index (χ3v) is 2.89. The number of carbonyl (C=O) groups is 2. The number of rotatable bonds is 6. The summed E-state index contributed by atoms with van der Waals surface area (Å²) in [6, 6.07) is 4.44. The van der Waals surface area contributed by atoms with Crippen LogP contribution in [0.25, 0.3) is 0 Å². The van der Waals surface area contributed by atoms with Crippen molar-refractivity contribution in [1.29, 1.82) is 0 Å². The molecule has 0 bridgehead atoms. The van der Waals surface area contributed by atoms with Crippen molar-refractivity contribution >= 4 is 29.2 Å². The zero-order valence-corrected chi connectivity index (χ0v) is 13.7. The highest BCUT2D eigenvalue weighted by Crippen LogP contribution is 2.27. The Morgan fingerprint density at radius 1 is 1.36 bits per heavy atom. The lowest BCUT2D eigenvalue weighted by Gasteiger charge is -2.13. The summed E-state index contributed by atoms with van der Waals surface area (Å²) in [4.78, 5) is 24.5. The van der Waals surface area contributed by atoms with Crippen LogP contribution < -0.4 is 15.4 Å². The van der Waals surface area contributed by atoms with E-state index in [-0.39, 0.29) is 18.5 Å². The van der Waals surface area contributed by atoms with Crippen LogP contribution in [-0.4, -0.2) is 44.1 Å². The highest BCUT2D eigenvalue weighted by Gasteiger charge is 2.09. The van der Waals surface area contributed by atoms with E-state index in [1.54, 1.807) is 32.3 Å². The van der Waals surface area contributed by atoms with Gasteiger partial charge in [0.1, 0.15) is 5.75 Å². The number of hydrogen-bond acceptors (Lipinski definition) is 3. The van der Waals surface area contributed by atoms with E-state index in [0.29, 0.717) is 23.0 Å². The molecule has 1 aromatic carbocycles. The van der Waals surface area contributed by atoms with Gasteiger partial charge in [0.05, 0.1) is 5.02 Å². The minimum atomic E-state index is -0.351. The Kier molecular flexibility index (Phi) is 6.72. The number of amides is 3. The van der Waals surface area contributed by atoms with Gasteiger partial charge in [-0.15, -0.1) is 0 Å². The first-order valence-electron chi connectivity index (χ1n) is 6.61. The second-order valence-corrected chi connectivity index (χ2v) is 5.39. The fraction of sp³-hybridized carbons (Fsp3) is 0.333. The number of nitrogens with one attached hydrogen (secondary N) is 2. The Morgan fingerprint density at radius 2 is 2.05 bits per heavy atom. The van der Waals surface area contributed by atoms with E-state index in [0.717, 1.165) is 5.57 Å². The molecule has 120 valence electrons. The Hall–Kier alpha value is -2.21. The minimum absolute atomic E-state index is 0.0986. The molecule has 1 aromatic rings. The average molecular weight is 326 g/mol. The fourth-order valence-corrected chi connectivity index (χ4v) is 1.61. The summed E-state index contributed by atoms with van der Waals surface area (Å²) in [5.74, 6) is 0.210. The highest BCUT2D eigenvalue weighted by molar-refractivity contribution is 6.32. The third kappa shape index (κ3) is 6.05.